The molecule has 0 saturated carbocycles. The van der Waals surface area contributed by atoms with Crippen molar-refractivity contribution in [1.29, 1.82) is 0 Å². The van der Waals surface area contributed by atoms with Crippen LogP contribution in [-0.2, 0) is 0 Å². The van der Waals surface area contributed by atoms with Gasteiger partial charge in [-0.2, -0.15) is 0 Å². The first-order valence-electron chi connectivity index (χ1n) is 3.10. The molecular formula is C7H6BrClN2S. The van der Waals surface area contributed by atoms with Gasteiger partial charge in [0.25, 0.3) is 0 Å². The fourth-order valence-corrected chi connectivity index (χ4v) is 1.93. The third kappa shape index (κ3) is 1.55. The number of aromatic nitrogens is 1. The molecule has 12 heavy (non-hydrogen) atoms. The van der Waals surface area contributed by atoms with Crippen LogP contribution in [0.1, 0.15) is 0 Å². The zero-order valence-electron chi connectivity index (χ0n) is 5.95. The second-order valence-corrected chi connectivity index (χ2v) is 3.14. The van der Waals surface area contributed by atoms with Crippen molar-refractivity contribution in [1.82, 2.24) is 4.98 Å². The van der Waals surface area contributed by atoms with Crippen molar-refractivity contribution < 1.29 is 0 Å². The van der Waals surface area contributed by atoms with Crippen LogP contribution in [0, 0.1) is 0 Å². The van der Waals surface area contributed by atoms with E-state index < -0.39 is 0 Å². The summed E-state index contributed by atoms with van der Waals surface area (Å²) in [6.45, 7) is 0. The predicted molar refractivity (Wildman–Crippen MR) is 59.4 cm³/mol. The van der Waals surface area contributed by atoms with E-state index in [-0.39, 0.29) is 17.0 Å². The van der Waals surface area contributed by atoms with Crippen LogP contribution in [0.15, 0.2) is 23.7 Å². The van der Waals surface area contributed by atoms with Crippen LogP contribution in [0.5, 0.6) is 0 Å². The Labute approximate surface area is 89.5 Å². The second-order valence-electron chi connectivity index (χ2n) is 2.10. The summed E-state index contributed by atoms with van der Waals surface area (Å²) in [6.07, 6.45) is 0. The molecule has 1 aromatic heterocycles. The van der Waals surface area contributed by atoms with E-state index in [1.165, 1.54) is 0 Å². The molecule has 5 heteroatoms. The van der Waals surface area contributed by atoms with Gasteiger partial charge in [0.2, 0.25) is 0 Å². The molecule has 64 valence electrons. The minimum atomic E-state index is 0. The number of nitrogens with zero attached hydrogens (tertiary/aromatic N) is 1. The van der Waals surface area contributed by atoms with Gasteiger partial charge in [-0.15, -0.1) is 28.3 Å². The Morgan fingerprint density at radius 1 is 1.42 bits per heavy atom. The Bertz CT molecular complexity index is 376. The predicted octanol–water partition coefficient (Wildman–Crippen LogP) is 3.44. The van der Waals surface area contributed by atoms with Gasteiger partial charge in [-0.25, -0.2) is 4.98 Å². The maximum atomic E-state index is 5.49. The summed E-state index contributed by atoms with van der Waals surface area (Å²) >= 11 is 7.07. The highest BCUT2D eigenvalue weighted by Crippen LogP contribution is 2.26. The lowest BCUT2D eigenvalue weighted by atomic mass is 10.3. The van der Waals surface area contributed by atoms with E-state index in [0.717, 1.165) is 15.9 Å². The number of hydrogen-bond acceptors (Lipinski definition) is 3. The van der Waals surface area contributed by atoms with Gasteiger partial charge in [-0.1, -0.05) is 6.07 Å². The second kappa shape index (κ2) is 4.07. The summed E-state index contributed by atoms with van der Waals surface area (Å²) in [4.78, 5) is 6.75. The Hall–Kier alpha value is -0.320. The Morgan fingerprint density at radius 2 is 2.25 bits per heavy atom. The quantitative estimate of drug-likeness (QED) is 0.799. The van der Waals surface area contributed by atoms with E-state index in [9.17, 15) is 0 Å². The molecule has 0 radical (unpaired) electrons. The normalized spacial score (nSPS) is 9.42. The van der Waals surface area contributed by atoms with Crippen LogP contribution in [0.2, 0.25) is 0 Å². The maximum absolute atomic E-state index is 5.49. The zero-order valence-corrected chi connectivity index (χ0v) is 9.24. The third-order valence-corrected chi connectivity index (χ3v) is 2.54. The number of benzene rings is 1. The summed E-state index contributed by atoms with van der Waals surface area (Å²) in [5.74, 6) is 0. The third-order valence-electron chi connectivity index (χ3n) is 1.46. The fourth-order valence-electron chi connectivity index (χ4n) is 0.961. The molecule has 0 spiro atoms. The largest absolute Gasteiger partial charge is 0.297 e. The molecule has 0 fully saturated rings. The minimum absolute atomic E-state index is 0. The highest BCUT2D eigenvalue weighted by molar-refractivity contribution is 8.93. The van der Waals surface area contributed by atoms with Crippen molar-refractivity contribution in [2.75, 3.05) is 4.84 Å². The highest BCUT2D eigenvalue weighted by atomic mass is 79.9. The van der Waals surface area contributed by atoms with E-state index in [4.69, 9.17) is 11.8 Å². The zero-order chi connectivity index (χ0) is 7.68. The smallest absolute Gasteiger partial charge is 0.0833 e. The topological polar surface area (TPSA) is 24.9 Å². The number of fused-ring (bicyclic) bond motifs is 1. The van der Waals surface area contributed by atoms with Crippen molar-refractivity contribution in [2.24, 2.45) is 0 Å². The van der Waals surface area contributed by atoms with Crippen molar-refractivity contribution in [3.8, 4) is 0 Å². The number of anilines is 1. The number of nitrogens with one attached hydrogen (secondary N) is 1. The fraction of sp³-hybridized carbons (Fsp3) is 0. The summed E-state index contributed by atoms with van der Waals surface area (Å²) in [6, 6.07) is 5.81. The molecule has 0 amide bonds. The standard InChI is InChI=1S/C7H5ClN2S.BrH/c8-10-6-3-1-2-5-7(6)11-4-9-5;/h1-4,10H;1H. The lowest BCUT2D eigenvalue weighted by Gasteiger charge is -1.96. The minimum Gasteiger partial charge on any atom is -0.297 e. The van der Waals surface area contributed by atoms with E-state index >= 15 is 0 Å². The lowest BCUT2D eigenvalue weighted by molar-refractivity contribution is 1.50. The van der Waals surface area contributed by atoms with Gasteiger partial charge in [0, 0.05) is 11.8 Å². The SMILES string of the molecule is Br.ClNc1cccc2ncsc12. The number of halogens is 2. The van der Waals surface area contributed by atoms with E-state index in [2.05, 4.69) is 9.82 Å². The average molecular weight is 266 g/mol. The average Bonchev–Trinajstić information content (AvgIpc) is 2.50. The van der Waals surface area contributed by atoms with Crippen molar-refractivity contribution in [3.05, 3.63) is 23.7 Å². The van der Waals surface area contributed by atoms with Gasteiger partial charge >= 0.3 is 0 Å². The molecule has 0 unspecified atom stereocenters. The first-order chi connectivity index (χ1) is 5.42. The van der Waals surface area contributed by atoms with Crippen molar-refractivity contribution in [2.45, 2.75) is 0 Å². The van der Waals surface area contributed by atoms with E-state index in [1.54, 1.807) is 11.3 Å². The lowest BCUT2D eigenvalue weighted by Crippen LogP contribution is -1.78. The molecule has 1 N–H and O–H groups in total. The van der Waals surface area contributed by atoms with Crippen molar-refractivity contribution >= 4 is 56.0 Å². The Balaban J connectivity index is 0.000000720. The molecule has 0 aliphatic rings. The Kier molecular flexibility index (Phi) is 3.31. The molecule has 0 bridgehead atoms. The van der Waals surface area contributed by atoms with Gasteiger partial charge in [-0.05, 0) is 12.1 Å². The van der Waals surface area contributed by atoms with Crippen LogP contribution in [0.25, 0.3) is 10.2 Å². The maximum Gasteiger partial charge on any atom is 0.0833 e. The molecule has 2 nitrogen and oxygen atoms in total. The molecule has 1 heterocycles. The highest BCUT2D eigenvalue weighted by Gasteiger charge is 1.99. The van der Waals surface area contributed by atoms with Gasteiger partial charge in [-0.3, -0.25) is 4.84 Å². The molecule has 0 aliphatic carbocycles. The van der Waals surface area contributed by atoms with Gasteiger partial charge in [0.15, 0.2) is 0 Å². The molecular weight excluding hydrogens is 260 g/mol. The van der Waals surface area contributed by atoms with Crippen LogP contribution in [0.3, 0.4) is 0 Å². The molecule has 2 rings (SSSR count). The first kappa shape index (κ1) is 9.77. The van der Waals surface area contributed by atoms with E-state index in [0.29, 0.717) is 0 Å². The first-order valence-corrected chi connectivity index (χ1v) is 4.36. The van der Waals surface area contributed by atoms with E-state index in [1.807, 2.05) is 23.7 Å². The Morgan fingerprint density at radius 3 is 3.00 bits per heavy atom. The van der Waals surface area contributed by atoms with Gasteiger partial charge in [0.05, 0.1) is 21.4 Å². The summed E-state index contributed by atoms with van der Waals surface area (Å²) < 4.78 is 1.10. The van der Waals surface area contributed by atoms with Crippen LogP contribution in [-0.4, -0.2) is 4.98 Å². The number of hydrogen-bond donors (Lipinski definition) is 1. The summed E-state index contributed by atoms with van der Waals surface area (Å²) in [7, 11) is 0. The molecule has 0 aliphatic heterocycles. The molecule has 0 saturated heterocycles. The monoisotopic (exact) mass is 264 g/mol. The molecule has 2 aromatic rings. The van der Waals surface area contributed by atoms with Crippen molar-refractivity contribution in [3.63, 3.8) is 0 Å². The number of thiazole rings is 1. The molecule has 0 atom stereocenters. The van der Waals surface area contributed by atoms with Crippen LogP contribution < -0.4 is 4.84 Å². The summed E-state index contributed by atoms with van der Waals surface area (Å²) in [5.41, 5.74) is 3.72. The van der Waals surface area contributed by atoms with Crippen LogP contribution >= 0.6 is 40.1 Å². The van der Waals surface area contributed by atoms with Gasteiger partial charge in [0.1, 0.15) is 0 Å². The van der Waals surface area contributed by atoms with Crippen LogP contribution in [0.4, 0.5) is 5.69 Å². The molecule has 1 aromatic carbocycles. The van der Waals surface area contributed by atoms with Gasteiger partial charge < -0.3 is 0 Å². The number of rotatable bonds is 1. The summed E-state index contributed by atoms with van der Waals surface area (Å²) in [5, 5.41) is 0.